The Kier molecular flexibility index (Phi) is 21.1. The summed E-state index contributed by atoms with van der Waals surface area (Å²) in [5.41, 5.74) is 6.40. The monoisotopic (exact) mass is 575 g/mol. The van der Waals surface area contributed by atoms with Gasteiger partial charge in [-0.3, -0.25) is 4.79 Å². The zero-order chi connectivity index (χ0) is 30.0. The summed E-state index contributed by atoms with van der Waals surface area (Å²) in [6, 6.07) is 11.5. The van der Waals surface area contributed by atoms with E-state index in [0.29, 0.717) is 0 Å². The number of hydrogen-bond donors (Lipinski definition) is 0. The van der Waals surface area contributed by atoms with Crippen LogP contribution in [0.2, 0.25) is 0 Å². The first-order chi connectivity index (χ1) is 17.7. The molecule has 39 heavy (non-hydrogen) atoms. The minimum Gasteiger partial charge on any atom is -0.876 e. The molecule has 210 valence electrons. The Hall–Kier alpha value is -4.11. The van der Waals surface area contributed by atoms with E-state index in [2.05, 4.69) is 52.7 Å². The van der Waals surface area contributed by atoms with Crippen LogP contribution in [0.1, 0.15) is 68.8 Å². The second-order valence-corrected chi connectivity index (χ2v) is 8.24. The molecule has 3 rings (SSSR count). The smallest absolute Gasteiger partial charge is 0.876 e. The fraction of sp³-hybridized carbons (Fsp3) is 0.423. The van der Waals surface area contributed by atoms with E-state index in [1.807, 2.05) is 20.8 Å². The van der Waals surface area contributed by atoms with Crippen molar-refractivity contribution in [2.75, 3.05) is 0 Å². The van der Waals surface area contributed by atoms with Crippen LogP contribution in [0.3, 0.4) is 0 Å². The molecule has 0 fully saturated rings. The molecule has 0 unspecified atom stereocenters. The number of rotatable bonds is 4. The van der Waals surface area contributed by atoms with Gasteiger partial charge in [-0.25, -0.2) is 15.3 Å². The third-order valence-electron chi connectivity index (χ3n) is 4.52. The summed E-state index contributed by atoms with van der Waals surface area (Å²) in [4.78, 5) is 9.98. The first-order valence-electron chi connectivity index (χ1n) is 11.8. The van der Waals surface area contributed by atoms with Crippen molar-refractivity contribution < 1.29 is 27.0 Å². The van der Waals surface area contributed by atoms with Crippen LogP contribution in [0.25, 0.3) is 0 Å². The van der Waals surface area contributed by atoms with E-state index < -0.39 is 7.12 Å². The van der Waals surface area contributed by atoms with E-state index in [9.17, 15) is 9.90 Å². The number of aromatic nitrogens is 6. The maximum Gasteiger partial charge on any atom is 2.00 e. The van der Waals surface area contributed by atoms with Crippen LogP contribution in [-0.4, -0.2) is 42.0 Å². The van der Waals surface area contributed by atoms with Gasteiger partial charge in [-0.1, -0.05) is 6.92 Å². The number of carbonyl (C=O) groups excluding carboxylic acids is 1. The van der Waals surface area contributed by atoms with E-state index in [1.165, 1.54) is 34.6 Å². The minimum absolute atomic E-state index is 0. The van der Waals surface area contributed by atoms with Gasteiger partial charge in [-0.2, -0.15) is 15.8 Å². The van der Waals surface area contributed by atoms with Crippen molar-refractivity contribution >= 4 is 12.9 Å². The van der Waals surface area contributed by atoms with Gasteiger partial charge in [0, 0.05) is 20.8 Å². The number of aryl methyl sites for hydroxylation is 6. The van der Waals surface area contributed by atoms with E-state index in [0.717, 1.165) is 40.2 Å². The Morgan fingerprint density at radius 3 is 1.08 bits per heavy atom. The molecule has 0 atom stereocenters. The molecule has 11 nitrogen and oxygen atoms in total. The van der Waals surface area contributed by atoms with Gasteiger partial charge in [0.15, 0.2) is 5.78 Å². The topological polar surface area (TPSA) is 165 Å². The van der Waals surface area contributed by atoms with Gasteiger partial charge >= 0.3 is 24.2 Å². The minimum atomic E-state index is -1.26. The van der Waals surface area contributed by atoms with Crippen molar-refractivity contribution in [1.29, 1.82) is 15.8 Å². The standard InChI is InChI=1S/C15H22BN6.C5H8O2.3C2H3N.Fe/c1-10-7-13(4)20(17-10)16(21-14(5)8-11(2)18-21)22-15(6)9-12(3)19-22;1-4(6)3-5(2)7;3*1-2-3;/h7-9,16H,1-6H3;3,6H,1-2H3;3*1H3;/q-1;;;;;+2/p-1/b;4-3-;;;;. The summed E-state index contributed by atoms with van der Waals surface area (Å²) < 4.78 is 6.19. The fourth-order valence-corrected chi connectivity index (χ4v) is 3.55. The van der Waals surface area contributed by atoms with Gasteiger partial charge in [-0.15, -0.1) is 5.76 Å². The Bertz CT molecular complexity index is 1180. The maximum absolute atomic E-state index is 9.98. The first-order valence-corrected chi connectivity index (χ1v) is 11.8. The van der Waals surface area contributed by atoms with Crippen molar-refractivity contribution in [2.45, 2.75) is 76.2 Å². The summed E-state index contributed by atoms with van der Waals surface area (Å²) in [5, 5.41) is 46.0. The van der Waals surface area contributed by atoms with E-state index in [1.54, 1.807) is 18.2 Å². The molecular weight excluding hydrogens is 537 g/mol. The summed E-state index contributed by atoms with van der Waals surface area (Å²) in [6.45, 7) is 19.3. The second kappa shape index (κ2) is 20.9. The van der Waals surface area contributed by atoms with Crippen LogP contribution in [0.15, 0.2) is 30.0 Å². The zero-order valence-electron chi connectivity index (χ0n) is 24.7. The number of nitriles is 3. The number of nitrogens with zero attached hydrogens (tertiary/aromatic N) is 9. The van der Waals surface area contributed by atoms with Gasteiger partial charge in [0.2, 0.25) is 0 Å². The zero-order valence-corrected chi connectivity index (χ0v) is 25.8. The quantitative estimate of drug-likeness (QED) is 0.260. The van der Waals surface area contributed by atoms with Gasteiger partial charge in [0.1, 0.15) is 0 Å². The molecule has 0 aliphatic heterocycles. The van der Waals surface area contributed by atoms with Crippen LogP contribution in [0.5, 0.6) is 0 Å². The van der Waals surface area contributed by atoms with Gasteiger partial charge in [-0.05, 0) is 89.8 Å². The molecule has 0 aliphatic rings. The average molecular weight is 575 g/mol. The molecule has 0 saturated heterocycles. The van der Waals surface area contributed by atoms with Gasteiger partial charge in [0.25, 0.3) is 0 Å². The third kappa shape index (κ3) is 15.0. The Balaban J connectivity index is -0.000000636. The van der Waals surface area contributed by atoms with E-state index in [-0.39, 0.29) is 28.6 Å². The predicted molar refractivity (Wildman–Crippen MR) is 147 cm³/mol. The Morgan fingerprint density at radius 2 is 0.974 bits per heavy atom. The largest absolute Gasteiger partial charge is 2.00 e. The molecule has 0 aromatic carbocycles. The number of allylic oxidation sites excluding steroid dienone is 2. The Labute approximate surface area is 243 Å². The fourth-order valence-electron chi connectivity index (χ4n) is 3.55. The summed E-state index contributed by atoms with van der Waals surface area (Å²) in [7, 11) is -1.26. The summed E-state index contributed by atoms with van der Waals surface area (Å²) >= 11 is 0. The molecule has 3 aromatic rings. The molecule has 0 N–H and O–H groups in total. The molecule has 0 aliphatic carbocycles. The van der Waals surface area contributed by atoms with Crippen LogP contribution in [0.4, 0.5) is 0 Å². The van der Waals surface area contributed by atoms with Crippen molar-refractivity contribution in [3.8, 4) is 18.2 Å². The summed E-state index contributed by atoms with van der Waals surface area (Å²) in [5.74, 6) is -0.375. The second-order valence-electron chi connectivity index (χ2n) is 8.24. The predicted octanol–water partition coefficient (Wildman–Crippen LogP) is 3.22. The number of carbonyl (C=O) groups is 1. The molecule has 0 spiro atoms. The maximum atomic E-state index is 9.98. The van der Waals surface area contributed by atoms with E-state index >= 15 is 0 Å². The molecule has 13 heteroatoms. The van der Waals surface area contributed by atoms with Crippen molar-refractivity contribution in [3.05, 3.63) is 64.2 Å². The van der Waals surface area contributed by atoms with Gasteiger partial charge in [0.05, 0.1) is 35.3 Å². The van der Waals surface area contributed by atoms with Gasteiger partial charge < -0.3 is 18.9 Å². The van der Waals surface area contributed by atoms with Crippen LogP contribution in [-0.2, 0) is 21.9 Å². The first kappa shape index (κ1) is 39.4. The number of ketones is 1. The van der Waals surface area contributed by atoms with Crippen molar-refractivity contribution in [2.24, 2.45) is 0 Å². The molecule has 0 amide bonds. The van der Waals surface area contributed by atoms with Crippen LogP contribution >= 0.6 is 0 Å². The molecule has 0 radical (unpaired) electrons. The average Bonchev–Trinajstić information content (AvgIpc) is 3.40. The molecule has 3 aromatic heterocycles. The third-order valence-corrected chi connectivity index (χ3v) is 4.52. The molecule has 3 heterocycles. The van der Waals surface area contributed by atoms with Crippen molar-refractivity contribution in [3.63, 3.8) is 0 Å². The SMILES string of the molecule is CC#N.CC#N.CC#N.CC(=O)/C=C(/C)[O-].Cc1cc(C)n([BH-](n2nc(C)cc2C)n2nc(C)cc2C)n1.[Fe+2]. The number of hydrogen-bond acceptors (Lipinski definition) is 8. The molecular formula is C26H38BFeN9O2. The Morgan fingerprint density at radius 1 is 0.744 bits per heavy atom. The summed E-state index contributed by atoms with van der Waals surface area (Å²) in [6.07, 6.45) is 1.06. The van der Waals surface area contributed by atoms with Crippen LogP contribution < -0.4 is 5.11 Å². The van der Waals surface area contributed by atoms with E-state index in [4.69, 9.17) is 31.1 Å². The molecule has 0 saturated carbocycles. The normalized spacial score (nSPS) is 9.21. The molecule has 0 bridgehead atoms. The van der Waals surface area contributed by atoms with Crippen LogP contribution in [0, 0.1) is 75.5 Å². The van der Waals surface area contributed by atoms with Crippen molar-refractivity contribution in [1.82, 2.24) is 29.1 Å².